The van der Waals surface area contributed by atoms with Gasteiger partial charge in [0.05, 0.1) is 6.61 Å². The zero-order valence-corrected chi connectivity index (χ0v) is 11.3. The molecule has 1 aromatic rings. The monoisotopic (exact) mass is 298 g/mol. The van der Waals surface area contributed by atoms with Crippen LogP contribution in [0.3, 0.4) is 0 Å². The van der Waals surface area contributed by atoms with E-state index < -0.39 is 0 Å². The summed E-state index contributed by atoms with van der Waals surface area (Å²) in [5.41, 5.74) is 0.580. The Kier molecular flexibility index (Phi) is 6.40. The Morgan fingerprint density at radius 1 is 1.24 bits per heavy atom. The van der Waals surface area contributed by atoms with Gasteiger partial charge in [-0.3, -0.25) is 4.79 Å². The van der Waals surface area contributed by atoms with Crippen LogP contribution in [0.5, 0.6) is 11.5 Å². The highest BCUT2D eigenvalue weighted by molar-refractivity contribution is 9.09. The summed E-state index contributed by atoms with van der Waals surface area (Å²) in [4.78, 5) is 10.7. The molecule has 0 atom stereocenters. The molecule has 0 saturated heterocycles. The molecular formula is C13H15BrO3. The number of carbonyl (C=O) groups is 1. The standard InChI is InChI=1S/C13H15BrO3/c1-2-16-13-9-11(10-15)5-6-12(13)17-8-4-3-7-14/h3-6,9-10H,2,7-8H2,1H3. The van der Waals surface area contributed by atoms with Gasteiger partial charge < -0.3 is 9.47 Å². The lowest BCUT2D eigenvalue weighted by Crippen LogP contribution is -1.99. The molecule has 3 nitrogen and oxygen atoms in total. The number of allylic oxidation sites excluding steroid dienone is 1. The van der Waals surface area contributed by atoms with Crippen molar-refractivity contribution in [3.8, 4) is 11.5 Å². The van der Waals surface area contributed by atoms with Gasteiger partial charge in [0.25, 0.3) is 0 Å². The van der Waals surface area contributed by atoms with Crippen molar-refractivity contribution in [3.63, 3.8) is 0 Å². The van der Waals surface area contributed by atoms with Gasteiger partial charge in [-0.05, 0) is 25.1 Å². The lowest BCUT2D eigenvalue weighted by atomic mass is 10.2. The van der Waals surface area contributed by atoms with Gasteiger partial charge in [-0.2, -0.15) is 0 Å². The number of halogens is 1. The third-order valence-corrected chi connectivity index (χ3v) is 2.37. The molecule has 1 rings (SSSR count). The second-order valence-electron chi connectivity index (χ2n) is 3.19. The minimum Gasteiger partial charge on any atom is -0.490 e. The van der Waals surface area contributed by atoms with Crippen molar-refractivity contribution in [2.24, 2.45) is 0 Å². The molecule has 0 radical (unpaired) electrons. The minimum atomic E-state index is 0.478. The van der Waals surface area contributed by atoms with Crippen LogP contribution in [0.2, 0.25) is 0 Å². The molecule has 0 amide bonds. The molecule has 0 fully saturated rings. The maximum absolute atomic E-state index is 10.7. The molecule has 0 aliphatic carbocycles. The van der Waals surface area contributed by atoms with Crippen molar-refractivity contribution < 1.29 is 14.3 Å². The van der Waals surface area contributed by atoms with Crippen LogP contribution in [0.1, 0.15) is 17.3 Å². The van der Waals surface area contributed by atoms with Crippen LogP contribution >= 0.6 is 15.9 Å². The van der Waals surface area contributed by atoms with E-state index in [1.54, 1.807) is 18.2 Å². The van der Waals surface area contributed by atoms with Gasteiger partial charge in [0.1, 0.15) is 12.9 Å². The van der Waals surface area contributed by atoms with Crippen LogP contribution in [-0.4, -0.2) is 24.8 Å². The summed E-state index contributed by atoms with van der Waals surface area (Å²) >= 11 is 3.29. The van der Waals surface area contributed by atoms with Crippen molar-refractivity contribution in [2.75, 3.05) is 18.5 Å². The number of rotatable bonds is 7. The first-order valence-corrected chi connectivity index (χ1v) is 6.49. The van der Waals surface area contributed by atoms with Gasteiger partial charge in [0.2, 0.25) is 0 Å². The van der Waals surface area contributed by atoms with Crippen molar-refractivity contribution in [1.82, 2.24) is 0 Å². The highest BCUT2D eigenvalue weighted by Gasteiger charge is 2.05. The molecular weight excluding hydrogens is 284 g/mol. The van der Waals surface area contributed by atoms with Crippen LogP contribution in [0, 0.1) is 0 Å². The molecule has 0 aromatic heterocycles. The average Bonchev–Trinajstić information content (AvgIpc) is 2.36. The molecule has 0 unspecified atom stereocenters. The number of hydrogen-bond acceptors (Lipinski definition) is 3. The fourth-order valence-corrected chi connectivity index (χ4v) is 1.52. The predicted molar refractivity (Wildman–Crippen MR) is 71.4 cm³/mol. The van der Waals surface area contributed by atoms with Crippen LogP contribution in [0.15, 0.2) is 30.4 Å². The summed E-state index contributed by atoms with van der Waals surface area (Å²) in [6.45, 7) is 2.91. The Morgan fingerprint density at radius 3 is 2.71 bits per heavy atom. The highest BCUT2D eigenvalue weighted by atomic mass is 79.9. The number of hydrogen-bond donors (Lipinski definition) is 0. The molecule has 0 aliphatic rings. The lowest BCUT2D eigenvalue weighted by Gasteiger charge is -2.10. The zero-order valence-electron chi connectivity index (χ0n) is 9.69. The van der Waals surface area contributed by atoms with Crippen molar-refractivity contribution >= 4 is 22.2 Å². The van der Waals surface area contributed by atoms with E-state index in [-0.39, 0.29) is 0 Å². The van der Waals surface area contributed by atoms with Crippen molar-refractivity contribution in [3.05, 3.63) is 35.9 Å². The summed E-state index contributed by atoms with van der Waals surface area (Å²) in [5, 5.41) is 0.804. The van der Waals surface area contributed by atoms with Crippen LogP contribution in [-0.2, 0) is 0 Å². The third-order valence-electron chi connectivity index (χ3n) is 1.99. The van der Waals surface area contributed by atoms with Crippen LogP contribution in [0.25, 0.3) is 0 Å². The second-order valence-corrected chi connectivity index (χ2v) is 3.84. The first-order valence-electron chi connectivity index (χ1n) is 5.37. The van der Waals surface area contributed by atoms with E-state index in [1.807, 2.05) is 19.1 Å². The smallest absolute Gasteiger partial charge is 0.161 e. The normalized spacial score (nSPS) is 10.5. The van der Waals surface area contributed by atoms with Gasteiger partial charge >= 0.3 is 0 Å². The molecule has 0 spiro atoms. The maximum Gasteiger partial charge on any atom is 0.161 e. The van der Waals surface area contributed by atoms with Crippen LogP contribution < -0.4 is 9.47 Å². The van der Waals surface area contributed by atoms with E-state index in [0.29, 0.717) is 30.3 Å². The summed E-state index contributed by atoms with van der Waals surface area (Å²) in [7, 11) is 0. The summed E-state index contributed by atoms with van der Waals surface area (Å²) in [6, 6.07) is 5.13. The maximum atomic E-state index is 10.7. The molecule has 4 heteroatoms. The van der Waals surface area contributed by atoms with Crippen molar-refractivity contribution in [2.45, 2.75) is 6.92 Å². The lowest BCUT2D eigenvalue weighted by molar-refractivity contribution is 0.112. The van der Waals surface area contributed by atoms with Gasteiger partial charge in [0, 0.05) is 10.9 Å². The first kappa shape index (κ1) is 13.8. The number of benzene rings is 1. The topological polar surface area (TPSA) is 35.5 Å². The molecule has 0 heterocycles. The Hall–Kier alpha value is -1.29. The molecule has 0 aliphatic heterocycles. The van der Waals surface area contributed by atoms with E-state index in [2.05, 4.69) is 15.9 Å². The fraction of sp³-hybridized carbons (Fsp3) is 0.308. The number of ether oxygens (including phenoxy) is 2. The molecule has 92 valence electrons. The Labute approximate surface area is 110 Å². The molecule has 0 saturated carbocycles. The van der Waals surface area contributed by atoms with E-state index in [1.165, 1.54) is 0 Å². The summed E-state index contributed by atoms with van der Waals surface area (Å²) < 4.78 is 11.0. The number of carbonyl (C=O) groups excluding carboxylic acids is 1. The second kappa shape index (κ2) is 7.90. The van der Waals surface area contributed by atoms with E-state index >= 15 is 0 Å². The summed E-state index contributed by atoms with van der Waals surface area (Å²) in [6.07, 6.45) is 4.66. The number of aldehydes is 1. The minimum absolute atomic E-state index is 0.478. The van der Waals surface area contributed by atoms with Gasteiger partial charge in [-0.1, -0.05) is 28.1 Å². The Morgan fingerprint density at radius 2 is 2.06 bits per heavy atom. The third kappa shape index (κ3) is 4.61. The predicted octanol–water partition coefficient (Wildman–Crippen LogP) is 3.23. The molecule has 1 aromatic carbocycles. The largest absolute Gasteiger partial charge is 0.490 e. The zero-order chi connectivity index (χ0) is 12.5. The van der Waals surface area contributed by atoms with Gasteiger partial charge in [-0.15, -0.1) is 0 Å². The Bertz CT molecular complexity index is 388. The summed E-state index contributed by atoms with van der Waals surface area (Å²) in [5.74, 6) is 1.25. The van der Waals surface area contributed by atoms with Gasteiger partial charge in [-0.25, -0.2) is 0 Å². The first-order chi connectivity index (χ1) is 8.31. The van der Waals surface area contributed by atoms with Crippen LogP contribution in [0.4, 0.5) is 0 Å². The fourth-order valence-electron chi connectivity index (χ4n) is 1.25. The van der Waals surface area contributed by atoms with Gasteiger partial charge in [0.15, 0.2) is 11.5 Å². The number of alkyl halides is 1. The molecule has 0 N–H and O–H groups in total. The van der Waals surface area contributed by atoms with E-state index in [0.717, 1.165) is 11.6 Å². The van der Waals surface area contributed by atoms with Crippen molar-refractivity contribution in [1.29, 1.82) is 0 Å². The molecule has 17 heavy (non-hydrogen) atoms. The molecule has 0 bridgehead atoms. The van der Waals surface area contributed by atoms with E-state index in [4.69, 9.17) is 9.47 Å². The average molecular weight is 299 g/mol. The Balaban J connectivity index is 2.75. The SMILES string of the molecule is CCOc1cc(C=O)ccc1OCC=CCBr. The quantitative estimate of drug-likeness (QED) is 0.440. The van der Waals surface area contributed by atoms with E-state index in [9.17, 15) is 4.79 Å². The highest BCUT2D eigenvalue weighted by Crippen LogP contribution is 2.27.